The Morgan fingerprint density at radius 2 is 1.57 bits per heavy atom. The fourth-order valence-corrected chi connectivity index (χ4v) is 2.79. The number of anilines is 1. The fraction of sp³-hybridized carbons (Fsp3) is 0.632. The lowest BCUT2D eigenvalue weighted by Crippen LogP contribution is -2.33. The number of benzene rings is 1. The van der Waals surface area contributed by atoms with E-state index in [9.17, 15) is 9.90 Å². The zero-order valence-corrected chi connectivity index (χ0v) is 15.3. The fourth-order valence-electron chi connectivity index (χ4n) is 2.79. The van der Waals surface area contributed by atoms with Gasteiger partial charge >= 0.3 is 6.03 Å². The average molecular weight is 320 g/mol. The Hall–Kier alpha value is -1.55. The quantitative estimate of drug-likeness (QED) is 0.694. The molecule has 2 atom stereocenters. The predicted octanol–water partition coefficient (Wildman–Crippen LogP) is 4.46. The minimum absolute atomic E-state index is 0.183. The summed E-state index contributed by atoms with van der Waals surface area (Å²) in [5, 5.41) is 15.3. The van der Waals surface area contributed by atoms with Gasteiger partial charge in [0.2, 0.25) is 0 Å². The molecule has 0 saturated heterocycles. The highest BCUT2D eigenvalue weighted by Crippen LogP contribution is 2.32. The van der Waals surface area contributed by atoms with Gasteiger partial charge in [-0.2, -0.15) is 0 Å². The average Bonchev–Trinajstić information content (AvgIpc) is 2.44. The third-order valence-electron chi connectivity index (χ3n) is 3.97. The van der Waals surface area contributed by atoms with Crippen LogP contribution in [-0.4, -0.2) is 23.8 Å². The van der Waals surface area contributed by atoms with E-state index in [0.717, 1.165) is 16.8 Å². The summed E-state index contributed by atoms with van der Waals surface area (Å²) in [6.07, 6.45) is 0.337. The topological polar surface area (TPSA) is 61.4 Å². The minimum atomic E-state index is -0.343. The van der Waals surface area contributed by atoms with Crippen LogP contribution < -0.4 is 10.6 Å². The number of aliphatic hydroxyl groups is 1. The van der Waals surface area contributed by atoms with Crippen molar-refractivity contribution in [1.29, 1.82) is 0 Å². The van der Waals surface area contributed by atoms with Crippen molar-refractivity contribution in [3.8, 4) is 0 Å². The van der Waals surface area contributed by atoms with Crippen molar-refractivity contribution in [1.82, 2.24) is 5.32 Å². The van der Waals surface area contributed by atoms with E-state index in [4.69, 9.17) is 0 Å². The van der Waals surface area contributed by atoms with E-state index in [-0.39, 0.29) is 18.1 Å². The first-order valence-electron chi connectivity index (χ1n) is 8.58. The highest BCUT2D eigenvalue weighted by Gasteiger charge is 2.16. The van der Waals surface area contributed by atoms with Gasteiger partial charge in [0.15, 0.2) is 0 Å². The number of nitrogens with one attached hydrogen (secondary N) is 2. The van der Waals surface area contributed by atoms with Crippen molar-refractivity contribution in [2.75, 3.05) is 11.9 Å². The Morgan fingerprint density at radius 1 is 1.04 bits per heavy atom. The highest BCUT2D eigenvalue weighted by atomic mass is 16.3. The molecule has 2 unspecified atom stereocenters. The second-order valence-corrected chi connectivity index (χ2v) is 7.15. The lowest BCUT2D eigenvalue weighted by molar-refractivity contribution is 0.163. The highest BCUT2D eigenvalue weighted by molar-refractivity contribution is 5.91. The second-order valence-electron chi connectivity index (χ2n) is 7.15. The van der Waals surface area contributed by atoms with Gasteiger partial charge in [0.1, 0.15) is 0 Å². The van der Waals surface area contributed by atoms with E-state index < -0.39 is 0 Å². The van der Waals surface area contributed by atoms with Crippen LogP contribution in [0.25, 0.3) is 0 Å². The van der Waals surface area contributed by atoms with E-state index in [1.54, 1.807) is 6.92 Å². The first-order chi connectivity index (χ1) is 10.7. The molecule has 2 amide bonds. The molecule has 0 bridgehead atoms. The lowest BCUT2D eigenvalue weighted by Gasteiger charge is -2.21. The number of rotatable bonds is 7. The monoisotopic (exact) mass is 320 g/mol. The van der Waals surface area contributed by atoms with Gasteiger partial charge in [0.25, 0.3) is 0 Å². The molecule has 4 heteroatoms. The van der Waals surface area contributed by atoms with E-state index in [1.165, 1.54) is 0 Å². The van der Waals surface area contributed by atoms with Crippen molar-refractivity contribution < 1.29 is 9.90 Å². The van der Waals surface area contributed by atoms with Gasteiger partial charge in [-0.25, -0.2) is 4.79 Å². The number of aliphatic hydroxyl groups excluding tert-OH is 1. The summed E-state index contributed by atoms with van der Waals surface area (Å²) in [5.41, 5.74) is 3.24. The van der Waals surface area contributed by atoms with Crippen LogP contribution in [0.3, 0.4) is 0 Å². The Kier molecular flexibility index (Phi) is 7.56. The Balaban J connectivity index is 2.80. The summed E-state index contributed by atoms with van der Waals surface area (Å²) in [5.74, 6) is 0.932. The molecular formula is C19H32N2O2. The number of carbonyl (C=O) groups is 1. The van der Waals surface area contributed by atoms with Crippen molar-refractivity contribution in [3.63, 3.8) is 0 Å². The molecule has 23 heavy (non-hydrogen) atoms. The SMILES string of the molecule is CC(O)CC(C)CNC(=O)Nc1c(C(C)C)cccc1C(C)C. The molecule has 1 aromatic carbocycles. The lowest BCUT2D eigenvalue weighted by atomic mass is 9.93. The minimum Gasteiger partial charge on any atom is -0.393 e. The zero-order chi connectivity index (χ0) is 17.6. The van der Waals surface area contributed by atoms with Crippen LogP contribution in [-0.2, 0) is 0 Å². The number of hydrogen-bond donors (Lipinski definition) is 3. The van der Waals surface area contributed by atoms with Gasteiger partial charge in [-0.05, 0) is 42.2 Å². The maximum absolute atomic E-state index is 12.3. The van der Waals surface area contributed by atoms with E-state index in [1.807, 2.05) is 6.92 Å². The van der Waals surface area contributed by atoms with Gasteiger partial charge < -0.3 is 15.7 Å². The molecule has 0 spiro atoms. The third kappa shape index (κ3) is 6.22. The number of para-hydroxylation sites is 1. The predicted molar refractivity (Wildman–Crippen MR) is 97.1 cm³/mol. The number of hydrogen-bond acceptors (Lipinski definition) is 2. The molecular weight excluding hydrogens is 288 g/mol. The zero-order valence-electron chi connectivity index (χ0n) is 15.3. The molecule has 130 valence electrons. The van der Waals surface area contributed by atoms with Gasteiger partial charge in [-0.3, -0.25) is 0 Å². The van der Waals surface area contributed by atoms with Gasteiger partial charge in [0, 0.05) is 12.2 Å². The van der Waals surface area contributed by atoms with Crippen LogP contribution in [0.4, 0.5) is 10.5 Å². The maximum atomic E-state index is 12.3. The molecule has 0 aromatic heterocycles. The molecule has 0 aliphatic rings. The summed E-state index contributed by atoms with van der Waals surface area (Å²) >= 11 is 0. The van der Waals surface area contributed by atoms with Crippen molar-refractivity contribution >= 4 is 11.7 Å². The van der Waals surface area contributed by atoms with Crippen LogP contribution in [0, 0.1) is 5.92 Å². The molecule has 0 aliphatic carbocycles. The van der Waals surface area contributed by atoms with Crippen molar-refractivity contribution in [2.24, 2.45) is 5.92 Å². The largest absolute Gasteiger partial charge is 0.393 e. The standard InChI is InChI=1S/C19H32N2O2/c1-12(2)16-8-7-9-17(13(3)4)18(16)21-19(23)20-11-14(5)10-15(6)22/h7-9,12-15,22H,10-11H2,1-6H3,(H2,20,21,23). The number of carbonyl (C=O) groups excluding carboxylic acids is 1. The summed E-state index contributed by atoms with van der Waals surface area (Å²) in [7, 11) is 0. The molecule has 0 aliphatic heterocycles. The maximum Gasteiger partial charge on any atom is 0.319 e. The third-order valence-corrected chi connectivity index (χ3v) is 3.97. The molecule has 3 N–H and O–H groups in total. The summed E-state index contributed by atoms with van der Waals surface area (Å²) < 4.78 is 0. The van der Waals surface area contributed by atoms with Gasteiger partial charge in [-0.1, -0.05) is 52.8 Å². The Morgan fingerprint density at radius 3 is 2.00 bits per heavy atom. The molecule has 1 aromatic rings. The first-order valence-corrected chi connectivity index (χ1v) is 8.58. The van der Waals surface area contributed by atoms with E-state index in [2.05, 4.69) is 56.5 Å². The van der Waals surface area contributed by atoms with Crippen LogP contribution in [0.15, 0.2) is 18.2 Å². The number of amides is 2. The molecule has 4 nitrogen and oxygen atoms in total. The van der Waals surface area contributed by atoms with Crippen LogP contribution in [0.5, 0.6) is 0 Å². The van der Waals surface area contributed by atoms with Gasteiger partial charge in [-0.15, -0.1) is 0 Å². The summed E-state index contributed by atoms with van der Waals surface area (Å²) in [6, 6.07) is 6.01. The Bertz CT molecular complexity index is 484. The molecule has 0 saturated carbocycles. The first kappa shape index (κ1) is 19.5. The van der Waals surface area contributed by atoms with Gasteiger partial charge in [0.05, 0.1) is 6.10 Å². The van der Waals surface area contributed by atoms with Crippen LogP contribution in [0.1, 0.15) is 70.9 Å². The number of urea groups is 1. The van der Waals surface area contributed by atoms with Crippen molar-refractivity contribution in [2.45, 2.75) is 65.9 Å². The van der Waals surface area contributed by atoms with Crippen molar-refractivity contribution in [3.05, 3.63) is 29.3 Å². The molecule has 0 radical (unpaired) electrons. The van der Waals surface area contributed by atoms with Crippen LogP contribution in [0.2, 0.25) is 0 Å². The molecule has 0 heterocycles. The summed E-state index contributed by atoms with van der Waals surface area (Å²) in [6.45, 7) is 12.9. The smallest absolute Gasteiger partial charge is 0.319 e. The molecule has 0 fully saturated rings. The molecule has 1 rings (SSSR count). The Labute approximate surface area is 140 Å². The van der Waals surface area contributed by atoms with Crippen LogP contribution >= 0.6 is 0 Å². The second kappa shape index (κ2) is 8.92. The summed E-state index contributed by atoms with van der Waals surface area (Å²) in [4.78, 5) is 12.3. The normalized spacial score (nSPS) is 14.0. The van der Waals surface area contributed by atoms with E-state index in [0.29, 0.717) is 24.8 Å². The van der Waals surface area contributed by atoms with E-state index >= 15 is 0 Å².